The van der Waals surface area contributed by atoms with Crippen LogP contribution >= 0.6 is 0 Å². The molecule has 0 aromatic heterocycles. The van der Waals surface area contributed by atoms with Crippen LogP contribution in [0.1, 0.15) is 42.5 Å². The van der Waals surface area contributed by atoms with Gasteiger partial charge in [-0.05, 0) is 32.9 Å². The monoisotopic (exact) mass is 235 g/mol. The zero-order valence-electron chi connectivity index (χ0n) is 11.7. The number of hydrogen-bond acceptors (Lipinski definition) is 2. The molecule has 0 fully saturated rings. The Hall–Kier alpha value is -0.860. The van der Waals surface area contributed by atoms with Crippen molar-refractivity contribution in [3.05, 3.63) is 34.9 Å². The lowest BCUT2D eigenvalue weighted by Gasteiger charge is -2.26. The van der Waals surface area contributed by atoms with E-state index in [1.165, 1.54) is 16.7 Å². The molecule has 0 saturated heterocycles. The minimum absolute atomic E-state index is 0.242. The fourth-order valence-corrected chi connectivity index (χ4v) is 2.46. The number of benzene rings is 1. The molecule has 0 amide bonds. The predicted molar refractivity (Wildman–Crippen MR) is 73.4 cm³/mol. The molecule has 0 aliphatic rings. The number of methoxy groups -OCH3 is 1. The van der Waals surface area contributed by atoms with Crippen LogP contribution in [0.4, 0.5) is 0 Å². The third-order valence-electron chi connectivity index (χ3n) is 3.16. The molecule has 1 aromatic rings. The number of nitrogens with one attached hydrogen (secondary N) is 1. The third kappa shape index (κ3) is 3.83. The number of ether oxygens (including phenoxy) is 1. The zero-order valence-corrected chi connectivity index (χ0v) is 11.7. The lowest BCUT2D eigenvalue weighted by Crippen LogP contribution is -2.31. The Bertz CT molecular complexity index is 329. The van der Waals surface area contributed by atoms with Crippen molar-refractivity contribution in [2.24, 2.45) is 0 Å². The Morgan fingerprint density at radius 3 is 2.18 bits per heavy atom. The van der Waals surface area contributed by atoms with E-state index >= 15 is 0 Å². The van der Waals surface area contributed by atoms with E-state index < -0.39 is 0 Å². The number of hydrogen-bond donors (Lipinski definition) is 1. The molecule has 0 aliphatic heterocycles. The summed E-state index contributed by atoms with van der Waals surface area (Å²) in [5, 5.41) is 3.38. The molecule has 0 heterocycles. The van der Waals surface area contributed by atoms with Gasteiger partial charge in [0.15, 0.2) is 0 Å². The standard InChI is InChI=1S/C15H25NO/c1-6-7-14(17-5)15(16-4)13-9-11(2)8-12(3)10-13/h8-10,14-16H,6-7H2,1-5H3. The van der Waals surface area contributed by atoms with Crippen molar-refractivity contribution in [1.82, 2.24) is 5.32 Å². The van der Waals surface area contributed by atoms with E-state index in [1.54, 1.807) is 7.11 Å². The highest BCUT2D eigenvalue weighted by Gasteiger charge is 2.20. The first-order chi connectivity index (χ1) is 8.12. The largest absolute Gasteiger partial charge is 0.379 e. The average Bonchev–Trinajstić information content (AvgIpc) is 2.27. The molecule has 1 N–H and O–H groups in total. The Morgan fingerprint density at radius 2 is 1.76 bits per heavy atom. The minimum Gasteiger partial charge on any atom is -0.379 e. The second kappa shape index (κ2) is 6.77. The van der Waals surface area contributed by atoms with Gasteiger partial charge in [0.05, 0.1) is 12.1 Å². The maximum atomic E-state index is 5.62. The van der Waals surface area contributed by atoms with Crippen molar-refractivity contribution < 1.29 is 4.74 Å². The van der Waals surface area contributed by atoms with Crippen molar-refractivity contribution in [2.45, 2.75) is 45.8 Å². The fraction of sp³-hybridized carbons (Fsp3) is 0.600. The molecule has 1 aromatic carbocycles. The Morgan fingerprint density at radius 1 is 1.18 bits per heavy atom. The van der Waals surface area contributed by atoms with Gasteiger partial charge in [-0.3, -0.25) is 0 Å². The van der Waals surface area contributed by atoms with Gasteiger partial charge < -0.3 is 10.1 Å². The summed E-state index contributed by atoms with van der Waals surface area (Å²) in [6, 6.07) is 6.97. The molecule has 0 aliphatic carbocycles. The normalized spacial score (nSPS) is 14.6. The number of rotatable bonds is 6. The van der Waals surface area contributed by atoms with Crippen LogP contribution < -0.4 is 5.32 Å². The van der Waals surface area contributed by atoms with E-state index in [4.69, 9.17) is 4.74 Å². The highest BCUT2D eigenvalue weighted by Crippen LogP contribution is 2.24. The summed E-state index contributed by atoms with van der Waals surface area (Å²) < 4.78 is 5.62. The lowest BCUT2D eigenvalue weighted by atomic mass is 9.95. The molecule has 0 saturated carbocycles. The summed E-state index contributed by atoms with van der Waals surface area (Å²) in [6.07, 6.45) is 2.46. The van der Waals surface area contributed by atoms with Gasteiger partial charge >= 0.3 is 0 Å². The Kier molecular flexibility index (Phi) is 5.66. The summed E-state index contributed by atoms with van der Waals surface area (Å²) in [4.78, 5) is 0. The molecular weight excluding hydrogens is 210 g/mol. The van der Waals surface area contributed by atoms with Crippen molar-refractivity contribution >= 4 is 0 Å². The first kappa shape index (κ1) is 14.2. The number of likely N-dealkylation sites (N-methyl/N-ethyl adjacent to an activating group) is 1. The van der Waals surface area contributed by atoms with Gasteiger partial charge in [0.25, 0.3) is 0 Å². The zero-order chi connectivity index (χ0) is 12.8. The van der Waals surface area contributed by atoms with E-state index in [0.717, 1.165) is 12.8 Å². The van der Waals surface area contributed by atoms with E-state index in [-0.39, 0.29) is 12.1 Å². The third-order valence-corrected chi connectivity index (χ3v) is 3.16. The Balaban J connectivity index is 2.98. The van der Waals surface area contributed by atoms with Gasteiger partial charge in [0, 0.05) is 7.11 Å². The quantitative estimate of drug-likeness (QED) is 0.816. The topological polar surface area (TPSA) is 21.3 Å². The van der Waals surface area contributed by atoms with E-state index in [0.29, 0.717) is 0 Å². The highest BCUT2D eigenvalue weighted by atomic mass is 16.5. The van der Waals surface area contributed by atoms with Crippen LogP contribution in [0.15, 0.2) is 18.2 Å². The van der Waals surface area contributed by atoms with E-state index in [9.17, 15) is 0 Å². The molecule has 96 valence electrons. The Labute approximate surface area is 105 Å². The summed E-state index contributed by atoms with van der Waals surface area (Å²) in [5.74, 6) is 0. The predicted octanol–water partition coefficient (Wildman–Crippen LogP) is 3.38. The highest BCUT2D eigenvalue weighted by molar-refractivity contribution is 5.31. The van der Waals surface area contributed by atoms with E-state index in [2.05, 4.69) is 44.3 Å². The summed E-state index contributed by atoms with van der Waals surface area (Å²) in [7, 11) is 3.80. The number of aryl methyl sites for hydroxylation is 2. The maximum absolute atomic E-state index is 5.62. The SMILES string of the molecule is CCCC(OC)C(NC)c1cc(C)cc(C)c1. The van der Waals surface area contributed by atoms with Crippen LogP contribution in [0.3, 0.4) is 0 Å². The summed E-state index contributed by atoms with van der Waals surface area (Å²) in [5.41, 5.74) is 3.95. The van der Waals surface area contributed by atoms with Crippen LogP contribution in [-0.4, -0.2) is 20.3 Å². The second-order valence-electron chi connectivity index (χ2n) is 4.75. The van der Waals surface area contributed by atoms with Gasteiger partial charge in [-0.15, -0.1) is 0 Å². The molecule has 2 heteroatoms. The molecule has 1 rings (SSSR count). The van der Waals surface area contributed by atoms with Crippen molar-refractivity contribution in [3.63, 3.8) is 0 Å². The van der Waals surface area contributed by atoms with Crippen LogP contribution in [0, 0.1) is 13.8 Å². The molecule has 17 heavy (non-hydrogen) atoms. The van der Waals surface area contributed by atoms with Gasteiger partial charge in [0.2, 0.25) is 0 Å². The van der Waals surface area contributed by atoms with Gasteiger partial charge in [-0.2, -0.15) is 0 Å². The molecule has 0 bridgehead atoms. The average molecular weight is 235 g/mol. The summed E-state index contributed by atoms with van der Waals surface area (Å²) in [6.45, 7) is 6.48. The summed E-state index contributed by atoms with van der Waals surface area (Å²) >= 11 is 0. The molecule has 0 radical (unpaired) electrons. The maximum Gasteiger partial charge on any atom is 0.0765 e. The van der Waals surface area contributed by atoms with Crippen LogP contribution in [-0.2, 0) is 4.74 Å². The van der Waals surface area contributed by atoms with Crippen LogP contribution in [0.25, 0.3) is 0 Å². The van der Waals surface area contributed by atoms with Gasteiger partial charge in [-0.1, -0.05) is 42.7 Å². The molecule has 2 atom stereocenters. The molecule has 0 spiro atoms. The van der Waals surface area contributed by atoms with Gasteiger partial charge in [0.1, 0.15) is 0 Å². The van der Waals surface area contributed by atoms with Crippen molar-refractivity contribution in [2.75, 3.05) is 14.2 Å². The molecule has 2 nitrogen and oxygen atoms in total. The van der Waals surface area contributed by atoms with Crippen LogP contribution in [0.5, 0.6) is 0 Å². The van der Waals surface area contributed by atoms with E-state index in [1.807, 2.05) is 7.05 Å². The second-order valence-corrected chi connectivity index (χ2v) is 4.75. The fourth-order valence-electron chi connectivity index (χ4n) is 2.46. The molecular formula is C15H25NO. The smallest absolute Gasteiger partial charge is 0.0765 e. The molecule has 2 unspecified atom stereocenters. The lowest BCUT2D eigenvalue weighted by molar-refractivity contribution is 0.0630. The van der Waals surface area contributed by atoms with Gasteiger partial charge in [-0.25, -0.2) is 0 Å². The first-order valence-corrected chi connectivity index (χ1v) is 6.40. The minimum atomic E-state index is 0.242. The first-order valence-electron chi connectivity index (χ1n) is 6.40. The van der Waals surface area contributed by atoms with Crippen molar-refractivity contribution in [1.29, 1.82) is 0 Å². The van der Waals surface area contributed by atoms with Crippen molar-refractivity contribution in [3.8, 4) is 0 Å². The van der Waals surface area contributed by atoms with Crippen LogP contribution in [0.2, 0.25) is 0 Å².